The summed E-state index contributed by atoms with van der Waals surface area (Å²) in [5.41, 5.74) is 2.28. The molecule has 1 aliphatic carbocycles. The van der Waals surface area contributed by atoms with Crippen LogP contribution in [-0.2, 0) is 17.6 Å². The molecule has 0 unspecified atom stereocenters. The third-order valence-electron chi connectivity index (χ3n) is 5.20. The van der Waals surface area contributed by atoms with Crippen LogP contribution in [0, 0.1) is 0 Å². The van der Waals surface area contributed by atoms with Gasteiger partial charge in [-0.2, -0.15) is 0 Å². The van der Waals surface area contributed by atoms with E-state index in [1.807, 2.05) is 6.07 Å². The number of ether oxygens (including phenoxy) is 3. The molecule has 2 aliphatic rings. The van der Waals surface area contributed by atoms with Crippen molar-refractivity contribution in [2.45, 2.75) is 26.2 Å². The minimum atomic E-state index is -0.446. The van der Waals surface area contributed by atoms with E-state index in [2.05, 4.69) is 10.5 Å². The molecule has 0 bridgehead atoms. The number of rotatable bonds is 5. The number of nitrogens with one attached hydrogen (secondary N) is 1. The van der Waals surface area contributed by atoms with Crippen molar-refractivity contribution in [3.8, 4) is 22.8 Å². The second-order valence-electron chi connectivity index (χ2n) is 7.17. The third kappa shape index (κ3) is 3.65. The lowest BCUT2D eigenvalue weighted by atomic mass is 10.1. The summed E-state index contributed by atoms with van der Waals surface area (Å²) in [5.74, 6) is 0.872. The number of fused-ring (bicyclic) bond motifs is 2. The zero-order valence-electron chi connectivity index (χ0n) is 16.9. The van der Waals surface area contributed by atoms with Crippen molar-refractivity contribution in [2.75, 3.05) is 25.1 Å². The fraction of sp³-hybridized carbons (Fsp3) is 0.318. The van der Waals surface area contributed by atoms with Crippen molar-refractivity contribution in [3.05, 3.63) is 46.0 Å². The van der Waals surface area contributed by atoms with Crippen LogP contribution in [0.5, 0.6) is 11.5 Å². The first-order valence-corrected chi connectivity index (χ1v) is 11.0. The van der Waals surface area contributed by atoms with Gasteiger partial charge in [0.2, 0.25) is 0 Å². The number of nitrogens with zero attached hydrogens (tertiary/aromatic N) is 1. The van der Waals surface area contributed by atoms with Crippen molar-refractivity contribution >= 4 is 28.2 Å². The van der Waals surface area contributed by atoms with E-state index in [4.69, 9.17) is 18.7 Å². The van der Waals surface area contributed by atoms with Crippen LogP contribution >= 0.6 is 11.3 Å². The van der Waals surface area contributed by atoms with Crippen LogP contribution in [0.4, 0.5) is 5.00 Å². The van der Waals surface area contributed by atoms with Crippen LogP contribution < -0.4 is 14.8 Å². The van der Waals surface area contributed by atoms with E-state index in [0.717, 1.165) is 35.3 Å². The molecule has 0 spiro atoms. The molecule has 1 N–H and O–H groups in total. The number of thiophene rings is 1. The van der Waals surface area contributed by atoms with Gasteiger partial charge >= 0.3 is 5.97 Å². The number of carbonyl (C=O) groups excluding carboxylic acids is 2. The lowest BCUT2D eigenvalue weighted by molar-refractivity contribution is 0.0527. The number of aryl methyl sites for hydroxylation is 1. The molecule has 9 heteroatoms. The molecule has 160 valence electrons. The van der Waals surface area contributed by atoms with Crippen LogP contribution in [-0.4, -0.2) is 36.9 Å². The van der Waals surface area contributed by atoms with Crippen molar-refractivity contribution in [1.82, 2.24) is 5.16 Å². The largest absolute Gasteiger partial charge is 0.486 e. The normalized spacial score (nSPS) is 14.2. The minimum absolute atomic E-state index is 0.119. The maximum absolute atomic E-state index is 12.8. The van der Waals surface area contributed by atoms with Gasteiger partial charge in [-0.3, -0.25) is 4.79 Å². The second-order valence-corrected chi connectivity index (χ2v) is 8.28. The highest BCUT2D eigenvalue weighted by molar-refractivity contribution is 7.17. The van der Waals surface area contributed by atoms with Gasteiger partial charge in [-0.15, -0.1) is 11.3 Å². The molecule has 0 fully saturated rings. The van der Waals surface area contributed by atoms with Gasteiger partial charge in [0.05, 0.1) is 12.2 Å². The summed E-state index contributed by atoms with van der Waals surface area (Å²) in [7, 11) is 0. The van der Waals surface area contributed by atoms with Crippen LogP contribution in [0.15, 0.2) is 28.8 Å². The summed E-state index contributed by atoms with van der Waals surface area (Å²) < 4.78 is 21.7. The van der Waals surface area contributed by atoms with Crippen LogP contribution in [0.1, 0.15) is 44.6 Å². The number of aromatic nitrogens is 1. The Morgan fingerprint density at radius 2 is 2.00 bits per heavy atom. The van der Waals surface area contributed by atoms with Gasteiger partial charge in [0.1, 0.15) is 18.2 Å². The molecule has 1 aromatic carbocycles. The molecule has 1 amide bonds. The standard InChI is InChI=1S/C22H20N2O6S/c1-2-27-22(26)19-13-4-3-5-18(13)31-21(19)23-20(25)14-11-16(30-24-14)12-6-7-15-17(10-12)29-9-8-28-15/h6-7,10-11H,2-5,8-9H2,1H3,(H,23,25). The first kappa shape index (κ1) is 19.6. The highest BCUT2D eigenvalue weighted by atomic mass is 32.1. The van der Waals surface area contributed by atoms with Gasteiger partial charge in [0, 0.05) is 16.5 Å². The molecule has 8 nitrogen and oxygen atoms in total. The smallest absolute Gasteiger partial charge is 0.341 e. The molecular weight excluding hydrogens is 420 g/mol. The number of carbonyl (C=O) groups is 2. The second kappa shape index (κ2) is 8.07. The quantitative estimate of drug-likeness (QED) is 0.597. The first-order valence-electron chi connectivity index (χ1n) is 10.1. The molecule has 3 aromatic rings. The van der Waals surface area contributed by atoms with E-state index in [0.29, 0.717) is 41.0 Å². The molecule has 0 saturated heterocycles. The molecule has 0 saturated carbocycles. The molecule has 31 heavy (non-hydrogen) atoms. The molecule has 1 aliphatic heterocycles. The van der Waals surface area contributed by atoms with E-state index in [-0.39, 0.29) is 12.3 Å². The highest BCUT2D eigenvalue weighted by Gasteiger charge is 2.29. The maximum Gasteiger partial charge on any atom is 0.341 e. The molecule has 0 radical (unpaired) electrons. The molecule has 5 rings (SSSR count). The lowest BCUT2D eigenvalue weighted by Crippen LogP contribution is -2.15. The van der Waals surface area contributed by atoms with Gasteiger partial charge in [-0.05, 0) is 49.9 Å². The van der Waals surface area contributed by atoms with Gasteiger partial charge in [0.15, 0.2) is 23.0 Å². The van der Waals surface area contributed by atoms with Gasteiger partial charge in [-0.1, -0.05) is 5.16 Å². The molecule has 0 atom stereocenters. The Kier molecular flexibility index (Phi) is 5.11. The summed E-state index contributed by atoms with van der Waals surface area (Å²) in [6.07, 6.45) is 2.72. The Morgan fingerprint density at radius 3 is 2.84 bits per heavy atom. The van der Waals surface area contributed by atoms with E-state index in [1.165, 1.54) is 11.3 Å². The molecule has 3 heterocycles. The average Bonchev–Trinajstić information content (AvgIpc) is 3.49. The van der Waals surface area contributed by atoms with Gasteiger partial charge < -0.3 is 24.1 Å². The third-order valence-corrected chi connectivity index (χ3v) is 6.40. The van der Waals surface area contributed by atoms with Crippen molar-refractivity contribution < 1.29 is 28.3 Å². The number of hydrogen-bond acceptors (Lipinski definition) is 8. The summed E-state index contributed by atoms with van der Waals surface area (Å²) in [5, 5.41) is 7.22. The monoisotopic (exact) mass is 440 g/mol. The van der Waals surface area contributed by atoms with Gasteiger partial charge in [0.25, 0.3) is 5.91 Å². The zero-order valence-corrected chi connectivity index (χ0v) is 17.7. The molecular formula is C22H20N2O6S. The lowest BCUT2D eigenvalue weighted by Gasteiger charge is -2.18. The Bertz CT molecular complexity index is 1160. The van der Waals surface area contributed by atoms with Crippen LogP contribution in [0.3, 0.4) is 0 Å². The first-order chi connectivity index (χ1) is 15.1. The number of anilines is 1. The predicted molar refractivity (Wildman–Crippen MR) is 113 cm³/mol. The Labute approximate surface area is 182 Å². The molecule has 2 aromatic heterocycles. The topological polar surface area (TPSA) is 99.9 Å². The Morgan fingerprint density at radius 1 is 1.16 bits per heavy atom. The van der Waals surface area contributed by atoms with E-state index >= 15 is 0 Å². The van der Waals surface area contributed by atoms with Crippen molar-refractivity contribution in [3.63, 3.8) is 0 Å². The zero-order chi connectivity index (χ0) is 21.4. The maximum atomic E-state index is 12.8. The number of esters is 1. The SMILES string of the molecule is CCOC(=O)c1c(NC(=O)c2cc(-c3ccc4c(c3)OCCO4)on2)sc2c1CCC2. The van der Waals surface area contributed by atoms with Crippen LogP contribution in [0.2, 0.25) is 0 Å². The Balaban J connectivity index is 1.38. The summed E-state index contributed by atoms with van der Waals surface area (Å²) in [4.78, 5) is 26.4. The van der Waals surface area contributed by atoms with Gasteiger partial charge in [-0.25, -0.2) is 4.79 Å². The summed E-state index contributed by atoms with van der Waals surface area (Å²) >= 11 is 1.42. The van der Waals surface area contributed by atoms with E-state index < -0.39 is 11.9 Å². The number of benzene rings is 1. The highest BCUT2D eigenvalue weighted by Crippen LogP contribution is 2.40. The fourth-order valence-corrected chi connectivity index (χ4v) is 5.07. The Hall–Kier alpha value is -3.33. The van der Waals surface area contributed by atoms with Crippen molar-refractivity contribution in [1.29, 1.82) is 0 Å². The van der Waals surface area contributed by atoms with Crippen molar-refractivity contribution in [2.24, 2.45) is 0 Å². The predicted octanol–water partition coefficient (Wildman–Crippen LogP) is 4.09. The minimum Gasteiger partial charge on any atom is -0.486 e. The van der Waals surface area contributed by atoms with E-state index in [1.54, 1.807) is 25.1 Å². The fourth-order valence-electron chi connectivity index (χ4n) is 3.79. The van der Waals surface area contributed by atoms with Crippen LogP contribution in [0.25, 0.3) is 11.3 Å². The van der Waals surface area contributed by atoms with E-state index in [9.17, 15) is 9.59 Å². The number of hydrogen-bond donors (Lipinski definition) is 1. The summed E-state index contributed by atoms with van der Waals surface area (Å²) in [6, 6.07) is 6.97. The summed E-state index contributed by atoms with van der Waals surface area (Å²) in [6.45, 7) is 3.03. The number of amides is 1. The average molecular weight is 440 g/mol.